The summed E-state index contributed by atoms with van der Waals surface area (Å²) in [5, 5.41) is 3.90. The Kier molecular flexibility index (Phi) is 6.37. The molecule has 25 heavy (non-hydrogen) atoms. The molecule has 0 bridgehead atoms. The van der Waals surface area contributed by atoms with Gasteiger partial charge in [-0.25, -0.2) is 4.98 Å². The summed E-state index contributed by atoms with van der Waals surface area (Å²) in [4.78, 5) is 16.9. The average Bonchev–Trinajstić information content (AvgIpc) is 3.23. The van der Waals surface area contributed by atoms with Crippen molar-refractivity contribution in [1.82, 2.24) is 14.9 Å². The minimum absolute atomic E-state index is 0.0444. The predicted octanol–water partition coefficient (Wildman–Crippen LogP) is 3.47. The standard InChI is InChI=1S/C19H27N3O2S/c1-14(2)9-10-22-17-8-4-3-7-16(17)21-19(22)25-13-18(23)20-12-15-6-5-11-24-15/h3-4,7-8,14-15H,5-6,9-13H2,1-2H3,(H,20,23). The number of nitrogens with zero attached hydrogens (tertiary/aromatic N) is 2. The van der Waals surface area contributed by atoms with E-state index in [9.17, 15) is 4.79 Å². The first-order valence-electron chi connectivity index (χ1n) is 9.10. The number of carbonyl (C=O) groups excluding carboxylic acids is 1. The molecule has 1 saturated heterocycles. The molecule has 3 rings (SSSR count). The Labute approximate surface area is 153 Å². The fourth-order valence-corrected chi connectivity index (χ4v) is 3.85. The van der Waals surface area contributed by atoms with Gasteiger partial charge >= 0.3 is 0 Å². The zero-order valence-corrected chi connectivity index (χ0v) is 15.8. The van der Waals surface area contributed by atoms with E-state index in [1.807, 2.05) is 18.2 Å². The van der Waals surface area contributed by atoms with Crippen molar-refractivity contribution >= 4 is 28.7 Å². The molecule has 1 atom stereocenters. The molecule has 1 aromatic carbocycles. The lowest BCUT2D eigenvalue weighted by atomic mass is 10.1. The summed E-state index contributed by atoms with van der Waals surface area (Å²) in [6.07, 6.45) is 3.41. The van der Waals surface area contributed by atoms with Gasteiger partial charge in [0.05, 0.1) is 22.9 Å². The van der Waals surface area contributed by atoms with Gasteiger partial charge in [-0.3, -0.25) is 4.79 Å². The van der Waals surface area contributed by atoms with Crippen LogP contribution in [0.1, 0.15) is 33.1 Å². The molecule has 1 unspecified atom stereocenters. The maximum absolute atomic E-state index is 12.1. The van der Waals surface area contributed by atoms with Crippen LogP contribution in [0.3, 0.4) is 0 Å². The second kappa shape index (κ2) is 8.72. The summed E-state index contributed by atoms with van der Waals surface area (Å²) < 4.78 is 7.78. The van der Waals surface area contributed by atoms with Gasteiger partial charge in [-0.15, -0.1) is 0 Å². The smallest absolute Gasteiger partial charge is 0.230 e. The van der Waals surface area contributed by atoms with Crippen molar-refractivity contribution in [2.75, 3.05) is 18.9 Å². The van der Waals surface area contributed by atoms with Crippen molar-refractivity contribution in [3.05, 3.63) is 24.3 Å². The van der Waals surface area contributed by atoms with Crippen LogP contribution in [0, 0.1) is 5.92 Å². The first-order chi connectivity index (χ1) is 12.1. The van der Waals surface area contributed by atoms with E-state index in [1.165, 1.54) is 11.8 Å². The normalized spacial score (nSPS) is 17.5. The molecule has 0 radical (unpaired) electrons. The van der Waals surface area contributed by atoms with E-state index in [2.05, 4.69) is 29.8 Å². The summed E-state index contributed by atoms with van der Waals surface area (Å²) in [7, 11) is 0. The van der Waals surface area contributed by atoms with Crippen molar-refractivity contribution in [3.8, 4) is 0 Å². The number of rotatable bonds is 8. The number of fused-ring (bicyclic) bond motifs is 1. The van der Waals surface area contributed by atoms with Crippen LogP contribution in [0.25, 0.3) is 11.0 Å². The van der Waals surface area contributed by atoms with E-state index in [0.717, 1.165) is 48.6 Å². The third-order valence-electron chi connectivity index (χ3n) is 4.43. The van der Waals surface area contributed by atoms with Crippen molar-refractivity contribution in [1.29, 1.82) is 0 Å². The van der Waals surface area contributed by atoms with Crippen LogP contribution in [0.15, 0.2) is 29.4 Å². The number of nitrogens with one attached hydrogen (secondary N) is 1. The lowest BCUT2D eigenvalue weighted by molar-refractivity contribution is -0.119. The molecular formula is C19H27N3O2S. The van der Waals surface area contributed by atoms with Gasteiger partial charge in [-0.05, 0) is 37.3 Å². The van der Waals surface area contributed by atoms with Crippen molar-refractivity contribution in [2.45, 2.75) is 50.9 Å². The maximum atomic E-state index is 12.1. The minimum atomic E-state index is 0.0444. The lowest BCUT2D eigenvalue weighted by Gasteiger charge is -2.12. The molecule has 0 spiro atoms. The zero-order chi connectivity index (χ0) is 17.6. The summed E-state index contributed by atoms with van der Waals surface area (Å²) in [6.45, 7) is 6.81. The SMILES string of the molecule is CC(C)CCn1c(SCC(=O)NCC2CCCO2)nc2ccccc21. The number of hydrogen-bond donors (Lipinski definition) is 1. The summed E-state index contributed by atoms with van der Waals surface area (Å²) in [5.41, 5.74) is 2.14. The highest BCUT2D eigenvalue weighted by Crippen LogP contribution is 2.25. The second-order valence-corrected chi connectivity index (χ2v) is 7.89. The van der Waals surface area contributed by atoms with E-state index >= 15 is 0 Å². The van der Waals surface area contributed by atoms with Gasteiger partial charge in [0.15, 0.2) is 5.16 Å². The van der Waals surface area contributed by atoms with Gasteiger partial charge in [0.1, 0.15) is 0 Å². The fraction of sp³-hybridized carbons (Fsp3) is 0.579. The highest BCUT2D eigenvalue weighted by molar-refractivity contribution is 7.99. The van der Waals surface area contributed by atoms with Crippen LogP contribution in [0.5, 0.6) is 0 Å². The van der Waals surface area contributed by atoms with Gasteiger partial charge < -0.3 is 14.6 Å². The number of imidazole rings is 1. The number of ether oxygens (including phenoxy) is 1. The predicted molar refractivity (Wildman–Crippen MR) is 102 cm³/mol. The molecule has 5 nitrogen and oxygen atoms in total. The Balaban J connectivity index is 1.61. The van der Waals surface area contributed by atoms with Crippen molar-refractivity contribution in [2.24, 2.45) is 5.92 Å². The van der Waals surface area contributed by atoms with Crippen LogP contribution in [0.4, 0.5) is 0 Å². The Bertz CT molecular complexity index is 708. The van der Waals surface area contributed by atoms with E-state index in [1.54, 1.807) is 0 Å². The Hall–Kier alpha value is -1.53. The van der Waals surface area contributed by atoms with Crippen LogP contribution in [-0.4, -0.2) is 40.5 Å². The third kappa shape index (κ3) is 4.98. The monoisotopic (exact) mass is 361 g/mol. The summed E-state index contributed by atoms with van der Waals surface area (Å²) >= 11 is 1.51. The second-order valence-electron chi connectivity index (χ2n) is 6.95. The Morgan fingerprint density at radius 3 is 3.04 bits per heavy atom. The number of carbonyl (C=O) groups is 1. The molecule has 2 aromatic rings. The number of benzene rings is 1. The first kappa shape index (κ1) is 18.3. The first-order valence-corrected chi connectivity index (χ1v) is 10.1. The Morgan fingerprint density at radius 2 is 2.28 bits per heavy atom. The zero-order valence-electron chi connectivity index (χ0n) is 15.0. The van der Waals surface area contributed by atoms with Crippen LogP contribution in [-0.2, 0) is 16.1 Å². The highest BCUT2D eigenvalue weighted by atomic mass is 32.2. The topological polar surface area (TPSA) is 56.2 Å². The summed E-state index contributed by atoms with van der Waals surface area (Å²) in [6, 6.07) is 8.18. The molecule has 1 amide bonds. The largest absolute Gasteiger partial charge is 0.376 e. The van der Waals surface area contributed by atoms with Crippen LogP contribution >= 0.6 is 11.8 Å². The molecule has 0 aliphatic carbocycles. The van der Waals surface area contributed by atoms with E-state index in [0.29, 0.717) is 18.2 Å². The van der Waals surface area contributed by atoms with Crippen molar-refractivity contribution < 1.29 is 9.53 Å². The molecule has 136 valence electrons. The van der Waals surface area contributed by atoms with Gasteiger partial charge in [0.2, 0.25) is 5.91 Å². The van der Waals surface area contributed by atoms with E-state index in [-0.39, 0.29) is 12.0 Å². The number of aromatic nitrogens is 2. The van der Waals surface area contributed by atoms with E-state index in [4.69, 9.17) is 9.72 Å². The molecular weight excluding hydrogens is 334 g/mol. The third-order valence-corrected chi connectivity index (χ3v) is 5.41. The molecule has 0 saturated carbocycles. The molecule has 1 N–H and O–H groups in total. The van der Waals surface area contributed by atoms with Crippen LogP contribution in [0.2, 0.25) is 0 Å². The molecule has 1 fully saturated rings. The number of amides is 1. The van der Waals surface area contributed by atoms with Crippen LogP contribution < -0.4 is 5.32 Å². The number of aryl methyl sites for hydroxylation is 1. The number of para-hydroxylation sites is 2. The molecule has 1 aliphatic heterocycles. The number of hydrogen-bond acceptors (Lipinski definition) is 4. The average molecular weight is 362 g/mol. The Morgan fingerprint density at radius 1 is 1.44 bits per heavy atom. The van der Waals surface area contributed by atoms with Gasteiger partial charge in [-0.2, -0.15) is 0 Å². The quantitative estimate of drug-likeness (QED) is 0.732. The molecule has 1 aromatic heterocycles. The molecule has 1 aliphatic rings. The van der Waals surface area contributed by atoms with Gasteiger partial charge in [0.25, 0.3) is 0 Å². The highest BCUT2D eigenvalue weighted by Gasteiger charge is 2.17. The van der Waals surface area contributed by atoms with Gasteiger partial charge in [0, 0.05) is 19.7 Å². The van der Waals surface area contributed by atoms with E-state index < -0.39 is 0 Å². The molecule has 2 heterocycles. The van der Waals surface area contributed by atoms with Crippen molar-refractivity contribution in [3.63, 3.8) is 0 Å². The lowest BCUT2D eigenvalue weighted by Crippen LogP contribution is -2.32. The fourth-order valence-electron chi connectivity index (χ4n) is 2.98. The minimum Gasteiger partial charge on any atom is -0.376 e. The molecule has 6 heteroatoms. The van der Waals surface area contributed by atoms with Gasteiger partial charge in [-0.1, -0.05) is 37.7 Å². The maximum Gasteiger partial charge on any atom is 0.230 e. The summed E-state index contributed by atoms with van der Waals surface area (Å²) in [5.74, 6) is 1.06. The number of thioether (sulfide) groups is 1.